The molecular formula is C14H27N3O4. The van der Waals surface area contributed by atoms with Crippen LogP contribution in [-0.4, -0.2) is 53.1 Å². The molecule has 0 aliphatic rings. The molecule has 7 nitrogen and oxygen atoms in total. The highest BCUT2D eigenvalue weighted by atomic mass is 16.4. The van der Waals surface area contributed by atoms with E-state index < -0.39 is 17.5 Å². The topological polar surface area (TPSA) is 98.7 Å². The SMILES string of the molecule is CC(C)CNC(=O)CNC(=O)N(CCC(=O)O)C(C)(C)C. The van der Waals surface area contributed by atoms with Gasteiger partial charge in [-0.3, -0.25) is 9.59 Å². The van der Waals surface area contributed by atoms with E-state index in [2.05, 4.69) is 10.6 Å². The van der Waals surface area contributed by atoms with Gasteiger partial charge in [0.15, 0.2) is 0 Å². The van der Waals surface area contributed by atoms with Crippen LogP contribution in [-0.2, 0) is 9.59 Å². The Kier molecular flexibility index (Phi) is 7.76. The molecule has 0 bridgehead atoms. The first-order chi connectivity index (χ1) is 9.54. The third-order valence-electron chi connectivity index (χ3n) is 2.71. The van der Waals surface area contributed by atoms with Gasteiger partial charge in [0.2, 0.25) is 5.91 Å². The molecule has 122 valence electrons. The molecule has 0 heterocycles. The predicted molar refractivity (Wildman–Crippen MR) is 80.0 cm³/mol. The van der Waals surface area contributed by atoms with Gasteiger partial charge in [0.05, 0.1) is 13.0 Å². The first-order valence-corrected chi connectivity index (χ1v) is 7.08. The zero-order chi connectivity index (χ0) is 16.6. The number of carboxylic acid groups (broad SMARTS) is 1. The second-order valence-electron chi connectivity index (χ2n) is 6.32. The lowest BCUT2D eigenvalue weighted by atomic mass is 10.1. The minimum absolute atomic E-state index is 0.0955. The van der Waals surface area contributed by atoms with E-state index in [1.165, 1.54) is 4.90 Å². The Morgan fingerprint density at radius 3 is 2.14 bits per heavy atom. The van der Waals surface area contributed by atoms with Crippen LogP contribution in [0.1, 0.15) is 41.0 Å². The lowest BCUT2D eigenvalue weighted by Gasteiger charge is -2.35. The van der Waals surface area contributed by atoms with Crippen LogP contribution in [0.2, 0.25) is 0 Å². The Labute approximate surface area is 126 Å². The van der Waals surface area contributed by atoms with Gasteiger partial charge in [-0.1, -0.05) is 13.8 Å². The number of nitrogens with one attached hydrogen (secondary N) is 2. The van der Waals surface area contributed by atoms with Crippen molar-refractivity contribution in [1.82, 2.24) is 15.5 Å². The molecule has 0 rings (SSSR count). The number of carbonyl (C=O) groups excluding carboxylic acids is 2. The number of rotatable bonds is 7. The van der Waals surface area contributed by atoms with E-state index in [1.807, 2.05) is 34.6 Å². The Balaban J connectivity index is 4.41. The largest absolute Gasteiger partial charge is 0.481 e. The molecule has 7 heteroatoms. The van der Waals surface area contributed by atoms with Gasteiger partial charge in [-0.15, -0.1) is 0 Å². The Bertz CT molecular complexity index is 375. The molecule has 0 radical (unpaired) electrons. The van der Waals surface area contributed by atoms with Crippen LogP contribution in [0.15, 0.2) is 0 Å². The second kappa shape index (κ2) is 8.49. The van der Waals surface area contributed by atoms with Gasteiger partial charge in [-0.05, 0) is 26.7 Å². The molecule has 0 aliphatic carbocycles. The van der Waals surface area contributed by atoms with Gasteiger partial charge in [0.1, 0.15) is 0 Å². The molecule has 0 aliphatic heterocycles. The number of hydrogen-bond donors (Lipinski definition) is 3. The molecule has 0 aromatic carbocycles. The fourth-order valence-electron chi connectivity index (χ4n) is 1.58. The number of amides is 3. The second-order valence-corrected chi connectivity index (χ2v) is 6.32. The van der Waals surface area contributed by atoms with Crippen molar-refractivity contribution in [3.63, 3.8) is 0 Å². The summed E-state index contributed by atoms with van der Waals surface area (Å²) in [4.78, 5) is 35.7. The zero-order valence-electron chi connectivity index (χ0n) is 13.5. The molecule has 0 atom stereocenters. The van der Waals surface area contributed by atoms with E-state index in [1.54, 1.807) is 0 Å². The van der Waals surface area contributed by atoms with Crippen LogP contribution in [0.4, 0.5) is 4.79 Å². The summed E-state index contributed by atoms with van der Waals surface area (Å²) in [5, 5.41) is 13.9. The normalized spacial score (nSPS) is 11.1. The zero-order valence-corrected chi connectivity index (χ0v) is 13.5. The summed E-state index contributed by atoms with van der Waals surface area (Å²) in [5.74, 6) is -0.887. The quantitative estimate of drug-likeness (QED) is 0.654. The first kappa shape index (κ1) is 19.2. The number of aliphatic carboxylic acids is 1. The van der Waals surface area contributed by atoms with E-state index in [4.69, 9.17) is 5.11 Å². The molecule has 0 aromatic heterocycles. The number of carboxylic acids is 1. The van der Waals surface area contributed by atoms with Gasteiger partial charge in [-0.25, -0.2) is 4.79 Å². The van der Waals surface area contributed by atoms with Crippen molar-refractivity contribution in [2.75, 3.05) is 19.6 Å². The minimum atomic E-state index is -0.966. The summed E-state index contributed by atoms with van der Waals surface area (Å²) in [6, 6.07) is -0.441. The van der Waals surface area contributed by atoms with Crippen LogP contribution in [0.3, 0.4) is 0 Å². The highest BCUT2D eigenvalue weighted by Crippen LogP contribution is 2.13. The molecule has 0 spiro atoms. The highest BCUT2D eigenvalue weighted by Gasteiger charge is 2.26. The molecule has 3 amide bonds. The van der Waals surface area contributed by atoms with Crippen molar-refractivity contribution in [2.24, 2.45) is 5.92 Å². The molecule has 21 heavy (non-hydrogen) atoms. The molecule has 3 N–H and O–H groups in total. The third kappa shape index (κ3) is 8.88. The maximum absolute atomic E-state index is 12.1. The monoisotopic (exact) mass is 301 g/mol. The maximum Gasteiger partial charge on any atom is 0.318 e. The molecule has 0 fully saturated rings. The van der Waals surface area contributed by atoms with E-state index >= 15 is 0 Å². The van der Waals surface area contributed by atoms with E-state index in [9.17, 15) is 14.4 Å². The lowest BCUT2D eigenvalue weighted by molar-refractivity contribution is -0.137. The van der Waals surface area contributed by atoms with Crippen LogP contribution in [0.25, 0.3) is 0 Å². The molecule has 0 unspecified atom stereocenters. The Hall–Kier alpha value is -1.79. The molecular weight excluding hydrogens is 274 g/mol. The smallest absolute Gasteiger partial charge is 0.318 e. The Morgan fingerprint density at radius 2 is 1.71 bits per heavy atom. The maximum atomic E-state index is 12.1. The van der Waals surface area contributed by atoms with Crippen LogP contribution in [0, 0.1) is 5.92 Å². The standard InChI is InChI=1S/C14H27N3O4/c1-10(2)8-15-11(18)9-16-13(21)17(14(3,4)5)7-6-12(19)20/h10H,6-9H2,1-5H3,(H,15,18)(H,16,21)(H,19,20). The molecule has 0 aromatic rings. The predicted octanol–water partition coefficient (Wildman–Crippen LogP) is 1.04. The van der Waals surface area contributed by atoms with Crippen molar-refractivity contribution >= 4 is 17.9 Å². The van der Waals surface area contributed by atoms with Crippen LogP contribution < -0.4 is 10.6 Å². The fraction of sp³-hybridized carbons (Fsp3) is 0.786. The van der Waals surface area contributed by atoms with E-state index in [0.717, 1.165) is 0 Å². The van der Waals surface area contributed by atoms with Crippen molar-refractivity contribution < 1.29 is 19.5 Å². The summed E-state index contributed by atoms with van der Waals surface area (Å²) in [5.41, 5.74) is -0.520. The molecule has 0 saturated heterocycles. The van der Waals surface area contributed by atoms with E-state index in [-0.39, 0.29) is 25.4 Å². The van der Waals surface area contributed by atoms with Crippen molar-refractivity contribution in [2.45, 2.75) is 46.6 Å². The van der Waals surface area contributed by atoms with Crippen molar-refractivity contribution in [3.05, 3.63) is 0 Å². The Morgan fingerprint density at radius 1 is 1.14 bits per heavy atom. The highest BCUT2D eigenvalue weighted by molar-refractivity contribution is 5.84. The third-order valence-corrected chi connectivity index (χ3v) is 2.71. The van der Waals surface area contributed by atoms with Gasteiger partial charge < -0.3 is 20.6 Å². The number of carbonyl (C=O) groups is 3. The first-order valence-electron chi connectivity index (χ1n) is 7.08. The van der Waals surface area contributed by atoms with Gasteiger partial charge in [-0.2, -0.15) is 0 Å². The minimum Gasteiger partial charge on any atom is -0.481 e. The van der Waals surface area contributed by atoms with Gasteiger partial charge in [0.25, 0.3) is 0 Å². The fourth-order valence-corrected chi connectivity index (χ4v) is 1.58. The number of hydrogen-bond acceptors (Lipinski definition) is 3. The summed E-state index contributed by atoms with van der Waals surface area (Å²) in [7, 11) is 0. The summed E-state index contributed by atoms with van der Waals surface area (Å²) >= 11 is 0. The van der Waals surface area contributed by atoms with Crippen LogP contribution >= 0.6 is 0 Å². The van der Waals surface area contributed by atoms with Crippen LogP contribution in [0.5, 0.6) is 0 Å². The summed E-state index contributed by atoms with van der Waals surface area (Å²) < 4.78 is 0. The van der Waals surface area contributed by atoms with Crippen molar-refractivity contribution in [3.8, 4) is 0 Å². The van der Waals surface area contributed by atoms with Gasteiger partial charge in [0, 0.05) is 18.6 Å². The van der Waals surface area contributed by atoms with Gasteiger partial charge >= 0.3 is 12.0 Å². The average molecular weight is 301 g/mol. The summed E-state index contributed by atoms with van der Waals surface area (Å²) in [6.45, 7) is 9.92. The summed E-state index contributed by atoms with van der Waals surface area (Å²) in [6.07, 6.45) is -0.135. The number of nitrogens with zero attached hydrogens (tertiary/aromatic N) is 1. The lowest BCUT2D eigenvalue weighted by Crippen LogP contribution is -2.52. The number of urea groups is 1. The molecule has 0 saturated carbocycles. The van der Waals surface area contributed by atoms with E-state index in [0.29, 0.717) is 12.5 Å². The average Bonchev–Trinajstić information content (AvgIpc) is 2.31. The van der Waals surface area contributed by atoms with Crippen molar-refractivity contribution in [1.29, 1.82) is 0 Å².